The van der Waals surface area contributed by atoms with Crippen LogP contribution in [0, 0.1) is 5.92 Å². The van der Waals surface area contributed by atoms with E-state index in [1.165, 1.54) is 22.7 Å². The zero-order valence-electron chi connectivity index (χ0n) is 31.2. The Hall–Kier alpha value is -3.46. The number of amides is 2. The number of halogens is 1. The smallest absolute Gasteiger partial charge is 0.326 e. The standard InChI is InChI=1S/C36H49ClN6O10S3/c1-3-53-36(48)26(40-21(2)34(45)43-28-10-5-4-8-23(28)17-29(43)35(46)47)9-6-7-15-39-33(44)16-22-11-13-24(14-12-22)54-20-32-41-27-18-25(37)30(55(38,49)50)19-31(27)56(51,52)42-32/h11-14,18-19,21,23,26,28-29,32,40-42H,3-10,15-17,20H2,1-2H3,(H,39,44)(H,46,47)(H2,38,49,50)/t21-,23?,26-,28?,29?,32?/m0/s1. The Bertz CT molecular complexity index is 2000. The number of likely N-dealkylation sites (tertiary alicyclic amines) is 1. The number of nitrogens with two attached hydrogens (primary N) is 1. The fourth-order valence-corrected chi connectivity index (χ4v) is 11.0. The molecule has 3 aliphatic rings. The number of carboxylic acid groups (broad SMARTS) is 1. The molecule has 20 heteroatoms. The van der Waals surface area contributed by atoms with Gasteiger partial charge in [-0.1, -0.05) is 36.6 Å². The topological polar surface area (TPSA) is 243 Å². The Kier molecular flexibility index (Phi) is 14.7. The zero-order valence-corrected chi connectivity index (χ0v) is 34.4. The number of hydrogen-bond acceptors (Lipinski definition) is 12. The largest absolute Gasteiger partial charge is 0.480 e. The van der Waals surface area contributed by atoms with Crippen molar-refractivity contribution in [2.75, 3.05) is 24.2 Å². The summed E-state index contributed by atoms with van der Waals surface area (Å²) in [4.78, 5) is 52.8. The monoisotopic (exact) mass is 856 g/mol. The third-order valence-corrected chi connectivity index (χ3v) is 14.2. The van der Waals surface area contributed by atoms with Crippen molar-refractivity contribution in [2.45, 2.75) is 117 Å². The molecule has 2 heterocycles. The van der Waals surface area contributed by atoms with E-state index in [2.05, 4.69) is 20.7 Å². The molecule has 4 unspecified atom stereocenters. The molecule has 0 radical (unpaired) electrons. The van der Waals surface area contributed by atoms with Gasteiger partial charge in [0.2, 0.25) is 31.9 Å². The molecule has 7 N–H and O–H groups in total. The molecule has 1 saturated carbocycles. The lowest BCUT2D eigenvalue weighted by Gasteiger charge is -2.35. The van der Waals surface area contributed by atoms with Crippen LogP contribution in [-0.2, 0) is 50.4 Å². The predicted molar refractivity (Wildman–Crippen MR) is 210 cm³/mol. The van der Waals surface area contributed by atoms with Gasteiger partial charge in [0.1, 0.15) is 28.0 Å². The van der Waals surface area contributed by atoms with E-state index in [4.69, 9.17) is 21.5 Å². The number of ether oxygens (including phenoxy) is 1. The number of carbonyl (C=O) groups is 4. The molecule has 308 valence electrons. The molecular formula is C36H49ClN6O10S3. The highest BCUT2D eigenvalue weighted by Gasteiger charge is 2.48. The van der Waals surface area contributed by atoms with E-state index < -0.39 is 61.2 Å². The summed E-state index contributed by atoms with van der Waals surface area (Å²) in [5.74, 6) is -1.55. The molecule has 2 aromatic rings. The molecular weight excluding hydrogens is 808 g/mol. The second kappa shape index (κ2) is 18.9. The van der Waals surface area contributed by atoms with Gasteiger partial charge in [-0.25, -0.2) is 26.8 Å². The van der Waals surface area contributed by atoms with E-state index in [1.807, 2.05) is 12.1 Å². The van der Waals surface area contributed by atoms with Gasteiger partial charge in [-0.15, -0.1) is 11.8 Å². The number of esters is 1. The van der Waals surface area contributed by atoms with Crippen molar-refractivity contribution < 1.29 is 45.9 Å². The van der Waals surface area contributed by atoms with E-state index >= 15 is 0 Å². The van der Waals surface area contributed by atoms with Gasteiger partial charge in [-0.05, 0) is 88.1 Å². The SMILES string of the molecule is CCOC(=O)[C@H](CCCCNC(=O)Cc1ccc(SCC2Nc3cc(Cl)c(S(N)(=O)=O)cc3S(=O)(=O)N2)cc1)N[C@@H](C)C(=O)N1C(C(=O)O)CC2CCCCC21. The highest BCUT2D eigenvalue weighted by molar-refractivity contribution is 7.99. The van der Waals surface area contributed by atoms with Crippen LogP contribution in [0.4, 0.5) is 5.69 Å². The van der Waals surface area contributed by atoms with Crippen LogP contribution in [0.15, 0.2) is 51.1 Å². The number of carboxylic acids is 1. The van der Waals surface area contributed by atoms with Gasteiger partial charge in [0, 0.05) is 23.2 Å². The number of carbonyl (C=O) groups excluding carboxylic acids is 3. The number of primary sulfonamides is 1. The molecule has 0 aromatic heterocycles. The van der Waals surface area contributed by atoms with Crippen molar-refractivity contribution in [2.24, 2.45) is 11.1 Å². The first-order valence-corrected chi connectivity index (χ1v) is 23.0. The van der Waals surface area contributed by atoms with Crippen molar-refractivity contribution in [1.82, 2.24) is 20.3 Å². The number of nitrogens with zero attached hydrogens (tertiary/aromatic N) is 1. The Morgan fingerprint density at radius 1 is 1.12 bits per heavy atom. The van der Waals surface area contributed by atoms with Crippen LogP contribution in [0.3, 0.4) is 0 Å². The maximum atomic E-state index is 13.6. The highest BCUT2D eigenvalue weighted by atomic mass is 35.5. The number of thioether (sulfide) groups is 1. The number of fused-ring (bicyclic) bond motifs is 2. The number of aliphatic carboxylic acids is 1. The fourth-order valence-electron chi connectivity index (χ4n) is 7.57. The van der Waals surface area contributed by atoms with Crippen LogP contribution in [-0.4, -0.2) is 99.8 Å². The first-order chi connectivity index (χ1) is 26.5. The van der Waals surface area contributed by atoms with Gasteiger partial charge in [0.25, 0.3) is 0 Å². The summed E-state index contributed by atoms with van der Waals surface area (Å²) in [6.07, 6.45) is 5.02. The number of rotatable bonds is 17. The number of hydrogen-bond donors (Lipinski definition) is 6. The predicted octanol–water partition coefficient (Wildman–Crippen LogP) is 2.79. The minimum atomic E-state index is -4.24. The molecule has 56 heavy (non-hydrogen) atoms. The van der Waals surface area contributed by atoms with E-state index in [0.717, 1.165) is 42.2 Å². The van der Waals surface area contributed by atoms with Gasteiger partial charge in [-0.3, -0.25) is 19.7 Å². The van der Waals surface area contributed by atoms with Gasteiger partial charge >= 0.3 is 11.9 Å². The van der Waals surface area contributed by atoms with E-state index in [9.17, 15) is 41.1 Å². The molecule has 2 aliphatic heterocycles. The highest BCUT2D eigenvalue weighted by Crippen LogP contribution is 2.40. The molecule has 5 rings (SSSR count). The molecule has 1 saturated heterocycles. The summed E-state index contributed by atoms with van der Waals surface area (Å²) in [6, 6.07) is 6.85. The molecule has 1 aliphatic carbocycles. The number of benzene rings is 2. The van der Waals surface area contributed by atoms with Crippen molar-refractivity contribution in [3.05, 3.63) is 47.0 Å². The average molecular weight is 857 g/mol. The van der Waals surface area contributed by atoms with Crippen molar-refractivity contribution in [1.29, 1.82) is 0 Å². The molecule has 2 aromatic carbocycles. The minimum Gasteiger partial charge on any atom is -0.480 e. The normalized spacial score (nSPS) is 22.5. The molecule has 0 spiro atoms. The van der Waals surface area contributed by atoms with Crippen LogP contribution in [0.2, 0.25) is 5.02 Å². The van der Waals surface area contributed by atoms with Crippen LogP contribution in [0.25, 0.3) is 0 Å². The molecule has 16 nitrogen and oxygen atoms in total. The van der Waals surface area contributed by atoms with Crippen molar-refractivity contribution in [3.8, 4) is 0 Å². The summed E-state index contributed by atoms with van der Waals surface area (Å²) < 4.78 is 57.1. The summed E-state index contributed by atoms with van der Waals surface area (Å²) in [5.41, 5.74) is 0.919. The fraction of sp³-hybridized carbons (Fsp3) is 0.556. The van der Waals surface area contributed by atoms with Gasteiger partial charge < -0.3 is 25.4 Å². The van der Waals surface area contributed by atoms with Crippen LogP contribution in [0.5, 0.6) is 0 Å². The first-order valence-electron chi connectivity index (χ1n) is 18.6. The summed E-state index contributed by atoms with van der Waals surface area (Å²) in [6.45, 7) is 3.89. The quantitative estimate of drug-likeness (QED) is 0.0763. The third-order valence-electron chi connectivity index (χ3n) is 10.2. The van der Waals surface area contributed by atoms with Gasteiger partial charge in [0.05, 0.1) is 29.8 Å². The molecule has 2 fully saturated rings. The Morgan fingerprint density at radius 3 is 2.52 bits per heavy atom. The average Bonchev–Trinajstić information content (AvgIpc) is 3.53. The number of anilines is 1. The van der Waals surface area contributed by atoms with E-state index in [1.54, 1.807) is 26.0 Å². The summed E-state index contributed by atoms with van der Waals surface area (Å²) in [5, 5.41) is 23.8. The lowest BCUT2D eigenvalue weighted by Crippen LogP contribution is -2.55. The maximum Gasteiger partial charge on any atom is 0.326 e. The second-order valence-electron chi connectivity index (χ2n) is 14.3. The molecule has 6 atom stereocenters. The third kappa shape index (κ3) is 10.9. The maximum absolute atomic E-state index is 13.6. The molecule has 2 amide bonds. The lowest BCUT2D eigenvalue weighted by atomic mass is 9.84. The van der Waals surface area contributed by atoms with Crippen molar-refractivity contribution in [3.63, 3.8) is 0 Å². The Balaban J connectivity index is 1.05. The summed E-state index contributed by atoms with van der Waals surface area (Å²) >= 11 is 7.42. The summed E-state index contributed by atoms with van der Waals surface area (Å²) in [7, 11) is -8.29. The Labute approximate surface area is 336 Å². The van der Waals surface area contributed by atoms with E-state index in [-0.39, 0.29) is 58.2 Å². The van der Waals surface area contributed by atoms with E-state index in [0.29, 0.717) is 32.2 Å². The Morgan fingerprint density at radius 2 is 1.84 bits per heavy atom. The minimum absolute atomic E-state index is 0.104. The van der Waals surface area contributed by atoms with Crippen LogP contribution in [0.1, 0.15) is 70.8 Å². The second-order valence-corrected chi connectivity index (χ2v) is 19.0. The lowest BCUT2D eigenvalue weighted by molar-refractivity contribution is -0.152. The zero-order chi connectivity index (χ0) is 40.8. The number of nitrogens with one attached hydrogen (secondary N) is 4. The van der Waals surface area contributed by atoms with Crippen LogP contribution < -0.4 is 25.8 Å². The molecule has 0 bridgehead atoms. The van der Waals surface area contributed by atoms with Gasteiger partial charge in [-0.2, -0.15) is 4.72 Å². The van der Waals surface area contributed by atoms with Crippen LogP contribution >= 0.6 is 23.4 Å². The van der Waals surface area contributed by atoms with Crippen molar-refractivity contribution >= 4 is 72.8 Å². The number of unbranched alkanes of at least 4 members (excludes halogenated alkanes) is 1. The van der Waals surface area contributed by atoms with Gasteiger partial charge in [0.15, 0.2) is 0 Å². The first kappa shape index (κ1) is 43.7. The number of sulfonamides is 2.